The van der Waals surface area contributed by atoms with Gasteiger partial charge in [-0.05, 0) is 73.7 Å². The Bertz CT molecular complexity index is 1320. The lowest BCUT2D eigenvalue weighted by molar-refractivity contribution is 0.0963. The Morgan fingerprint density at radius 3 is 2.45 bits per heavy atom. The van der Waals surface area contributed by atoms with Gasteiger partial charge in [0.15, 0.2) is 0 Å². The monoisotopic (exact) mass is 510 g/mol. The number of hydrogen-bond acceptors (Lipinski definition) is 2. The molecule has 0 saturated carbocycles. The van der Waals surface area contributed by atoms with Crippen LogP contribution in [-0.4, -0.2) is 17.5 Å². The van der Waals surface area contributed by atoms with E-state index in [9.17, 15) is 13.6 Å². The molecule has 0 aliphatic carbocycles. The minimum Gasteiger partial charge on any atom is -0.488 e. The molecule has 3 aromatic carbocycles. The maximum absolute atomic E-state index is 14.1. The van der Waals surface area contributed by atoms with Crippen molar-refractivity contribution in [1.29, 1.82) is 0 Å². The third-order valence-corrected chi connectivity index (χ3v) is 5.80. The summed E-state index contributed by atoms with van der Waals surface area (Å²) in [5.41, 5.74) is 4.39. The van der Waals surface area contributed by atoms with Gasteiger partial charge in [0.05, 0.1) is 5.69 Å². The normalized spacial score (nSPS) is 10.8. The summed E-state index contributed by atoms with van der Waals surface area (Å²) < 4.78 is 36.2. The highest BCUT2D eigenvalue weighted by Gasteiger charge is 2.16. The second-order valence-electron chi connectivity index (χ2n) is 7.49. The van der Waals surface area contributed by atoms with Crippen molar-refractivity contribution in [1.82, 2.24) is 9.88 Å². The predicted molar refractivity (Wildman–Crippen MR) is 128 cm³/mol. The number of nitrogens with one attached hydrogen (secondary N) is 1. The second kappa shape index (κ2) is 9.58. The van der Waals surface area contributed by atoms with Crippen molar-refractivity contribution in [3.63, 3.8) is 0 Å². The Balaban J connectivity index is 1.71. The van der Waals surface area contributed by atoms with E-state index in [4.69, 9.17) is 4.74 Å². The first-order valence-corrected chi connectivity index (χ1v) is 11.0. The highest BCUT2D eigenvalue weighted by atomic mass is 79.9. The van der Waals surface area contributed by atoms with E-state index in [1.165, 1.54) is 12.1 Å². The highest BCUT2D eigenvalue weighted by molar-refractivity contribution is 9.10. The van der Waals surface area contributed by atoms with Gasteiger partial charge in [-0.1, -0.05) is 15.9 Å². The number of carbonyl (C=O) groups excluding carboxylic acids is 1. The van der Waals surface area contributed by atoms with E-state index in [1.54, 1.807) is 19.2 Å². The topological polar surface area (TPSA) is 43.3 Å². The molecule has 4 rings (SSSR count). The van der Waals surface area contributed by atoms with Gasteiger partial charge in [-0.15, -0.1) is 0 Å². The molecule has 0 fully saturated rings. The third kappa shape index (κ3) is 4.83. The number of halogens is 3. The van der Waals surface area contributed by atoms with Crippen LogP contribution in [0.2, 0.25) is 0 Å². The fourth-order valence-electron chi connectivity index (χ4n) is 3.62. The zero-order chi connectivity index (χ0) is 23.5. The minimum atomic E-state index is -0.649. The van der Waals surface area contributed by atoms with Crippen LogP contribution < -0.4 is 10.1 Å². The molecular weight excluding hydrogens is 490 g/mol. The van der Waals surface area contributed by atoms with Gasteiger partial charge in [0.25, 0.3) is 5.91 Å². The molecule has 1 amide bonds. The quantitative estimate of drug-likeness (QED) is 0.324. The van der Waals surface area contributed by atoms with Gasteiger partial charge >= 0.3 is 0 Å². The molecule has 33 heavy (non-hydrogen) atoms. The first kappa shape index (κ1) is 22.7. The lowest BCUT2D eigenvalue weighted by Gasteiger charge is -2.17. The Hall–Kier alpha value is -3.45. The molecule has 0 aliphatic rings. The van der Waals surface area contributed by atoms with E-state index >= 15 is 0 Å². The smallest absolute Gasteiger partial charge is 0.251 e. The number of aromatic nitrogens is 1. The van der Waals surface area contributed by atoms with Gasteiger partial charge in [-0.3, -0.25) is 4.79 Å². The molecule has 0 saturated heterocycles. The number of hydrogen-bond donors (Lipinski definition) is 1. The molecule has 1 heterocycles. The van der Waals surface area contributed by atoms with Crippen LogP contribution in [0.5, 0.6) is 5.75 Å². The molecular formula is C26H21BrF2N2O2. The maximum atomic E-state index is 14.1. The van der Waals surface area contributed by atoms with Crippen LogP contribution in [-0.2, 0) is 6.61 Å². The molecule has 0 bridgehead atoms. The largest absolute Gasteiger partial charge is 0.488 e. The van der Waals surface area contributed by atoms with E-state index in [0.29, 0.717) is 11.3 Å². The molecule has 1 aromatic heterocycles. The van der Waals surface area contributed by atoms with Crippen LogP contribution in [0.25, 0.3) is 16.9 Å². The van der Waals surface area contributed by atoms with Crippen molar-refractivity contribution >= 4 is 21.8 Å². The Morgan fingerprint density at radius 1 is 1.00 bits per heavy atom. The zero-order valence-electron chi connectivity index (χ0n) is 18.0. The number of nitrogens with zero attached hydrogens (tertiary/aromatic N) is 1. The van der Waals surface area contributed by atoms with Crippen molar-refractivity contribution in [2.24, 2.45) is 0 Å². The molecule has 0 aliphatic heterocycles. The van der Waals surface area contributed by atoms with Crippen LogP contribution in [0.1, 0.15) is 21.6 Å². The van der Waals surface area contributed by atoms with Gasteiger partial charge in [0, 0.05) is 45.7 Å². The molecule has 168 valence electrons. The average molecular weight is 511 g/mol. The van der Waals surface area contributed by atoms with Gasteiger partial charge in [0.1, 0.15) is 24.0 Å². The van der Waals surface area contributed by atoms with E-state index < -0.39 is 11.6 Å². The Morgan fingerprint density at radius 2 is 1.76 bits per heavy atom. The molecule has 4 aromatic rings. The predicted octanol–water partition coefficient (Wildman–Crippen LogP) is 6.43. The highest BCUT2D eigenvalue weighted by Crippen LogP contribution is 2.36. The van der Waals surface area contributed by atoms with Gasteiger partial charge in [-0.2, -0.15) is 0 Å². The lowest BCUT2D eigenvalue weighted by atomic mass is 10.1. The van der Waals surface area contributed by atoms with E-state index in [1.807, 2.05) is 49.4 Å². The summed E-state index contributed by atoms with van der Waals surface area (Å²) in [6.07, 6.45) is 0. The van der Waals surface area contributed by atoms with Gasteiger partial charge < -0.3 is 14.6 Å². The molecule has 0 unspecified atom stereocenters. The SMILES string of the molecule is CNC(=O)c1ccc(-n2c(C)ccc2-c2cc(Br)ccc2OCc2ccc(F)cc2F)cc1. The summed E-state index contributed by atoms with van der Waals surface area (Å²) in [6, 6.07) is 20.3. The molecule has 7 heteroatoms. The molecule has 1 N–H and O–H groups in total. The number of benzene rings is 3. The average Bonchev–Trinajstić information content (AvgIpc) is 3.20. The van der Waals surface area contributed by atoms with Crippen LogP contribution in [0.3, 0.4) is 0 Å². The number of amides is 1. The number of rotatable bonds is 6. The van der Waals surface area contributed by atoms with Crippen molar-refractivity contribution in [3.8, 4) is 22.7 Å². The van der Waals surface area contributed by atoms with Crippen molar-refractivity contribution in [2.75, 3.05) is 7.05 Å². The minimum absolute atomic E-state index is 0.0404. The van der Waals surface area contributed by atoms with Crippen molar-refractivity contribution < 1.29 is 18.3 Å². The summed E-state index contributed by atoms with van der Waals surface area (Å²) in [5, 5.41) is 2.62. The molecule has 0 atom stereocenters. The van der Waals surface area contributed by atoms with E-state index in [-0.39, 0.29) is 18.1 Å². The van der Waals surface area contributed by atoms with E-state index in [2.05, 4.69) is 25.8 Å². The first-order valence-electron chi connectivity index (χ1n) is 10.2. The number of carbonyl (C=O) groups is 1. The maximum Gasteiger partial charge on any atom is 0.251 e. The van der Waals surface area contributed by atoms with Gasteiger partial charge in [0.2, 0.25) is 0 Å². The van der Waals surface area contributed by atoms with Crippen LogP contribution in [0.4, 0.5) is 8.78 Å². The van der Waals surface area contributed by atoms with Crippen molar-refractivity contribution in [2.45, 2.75) is 13.5 Å². The second-order valence-corrected chi connectivity index (χ2v) is 8.40. The lowest BCUT2D eigenvalue weighted by Crippen LogP contribution is -2.17. The van der Waals surface area contributed by atoms with Gasteiger partial charge in [-0.25, -0.2) is 8.78 Å². The standard InChI is InChI=1S/C26H21BrF2N2O2/c1-16-3-11-24(31(16)21-9-5-17(6-10-21)26(32)30-2)22-13-19(27)7-12-25(22)33-15-18-4-8-20(28)14-23(18)29/h3-14H,15H2,1-2H3,(H,30,32). The zero-order valence-corrected chi connectivity index (χ0v) is 19.6. The summed E-state index contributed by atoms with van der Waals surface area (Å²) in [5.74, 6) is -0.870. The summed E-state index contributed by atoms with van der Waals surface area (Å²) in [6.45, 7) is 1.95. The van der Waals surface area contributed by atoms with Crippen LogP contribution >= 0.6 is 15.9 Å². The summed E-state index contributed by atoms with van der Waals surface area (Å²) in [7, 11) is 1.59. The van der Waals surface area contributed by atoms with Crippen LogP contribution in [0, 0.1) is 18.6 Å². The van der Waals surface area contributed by atoms with Crippen molar-refractivity contribution in [3.05, 3.63) is 106 Å². The van der Waals surface area contributed by atoms with Crippen LogP contribution in [0.15, 0.2) is 77.3 Å². The first-order chi connectivity index (χ1) is 15.9. The fourth-order valence-corrected chi connectivity index (χ4v) is 3.98. The molecule has 0 spiro atoms. The summed E-state index contributed by atoms with van der Waals surface area (Å²) >= 11 is 3.52. The Labute approximate surface area is 199 Å². The number of ether oxygens (including phenoxy) is 1. The Kier molecular flexibility index (Phi) is 6.60. The van der Waals surface area contributed by atoms with E-state index in [0.717, 1.165) is 33.2 Å². The molecule has 4 nitrogen and oxygen atoms in total. The fraction of sp³-hybridized carbons (Fsp3) is 0.115. The molecule has 0 radical (unpaired) electrons. The number of aryl methyl sites for hydroxylation is 1. The summed E-state index contributed by atoms with van der Waals surface area (Å²) in [4.78, 5) is 11.9. The third-order valence-electron chi connectivity index (χ3n) is 5.31.